The maximum Gasteiger partial charge on any atom is 0.410 e. The molecule has 4 unspecified atom stereocenters. The summed E-state index contributed by atoms with van der Waals surface area (Å²) in [4.78, 5) is 29.6. The van der Waals surface area contributed by atoms with Crippen LogP contribution in [0.5, 0.6) is 6.01 Å². The van der Waals surface area contributed by atoms with Crippen molar-refractivity contribution in [3.05, 3.63) is 16.7 Å². The van der Waals surface area contributed by atoms with Gasteiger partial charge in [0.25, 0.3) is 0 Å². The number of aryl methyl sites for hydroxylation is 1. The molecule has 9 nitrogen and oxygen atoms in total. The molecule has 5 rings (SSSR count). The SMILES string of the molecule is CC.CCCc1nc(Cl)c(F)c2nc(OC)nc(NCC3C(C(C)C)CN3C(=O)OC(C)(C)C)c12.FC1CC2CCCN2C1. The lowest BCUT2D eigenvalue weighted by atomic mass is 9.80. The van der Waals surface area contributed by atoms with Gasteiger partial charge in [0.15, 0.2) is 11.0 Å². The first kappa shape index (κ1) is 35.9. The number of fused-ring (bicyclic) bond motifs is 2. The van der Waals surface area contributed by atoms with Gasteiger partial charge in [-0.15, -0.1) is 0 Å². The number of likely N-dealkylation sites (tertiary alicyclic amines) is 1. The number of rotatable bonds is 7. The van der Waals surface area contributed by atoms with Crippen molar-refractivity contribution in [1.82, 2.24) is 24.8 Å². The average Bonchev–Trinajstić information content (AvgIpc) is 3.52. The Morgan fingerprint density at radius 1 is 1.18 bits per heavy atom. The van der Waals surface area contributed by atoms with Crippen molar-refractivity contribution in [1.29, 1.82) is 0 Å². The molecule has 44 heavy (non-hydrogen) atoms. The van der Waals surface area contributed by atoms with Crippen LogP contribution in [0.1, 0.15) is 86.8 Å². The van der Waals surface area contributed by atoms with Crippen LogP contribution >= 0.6 is 11.6 Å². The summed E-state index contributed by atoms with van der Waals surface area (Å²) in [5.74, 6) is 0.358. The number of nitrogens with zero attached hydrogens (tertiary/aromatic N) is 5. The van der Waals surface area contributed by atoms with Gasteiger partial charge in [-0.25, -0.2) is 18.6 Å². The van der Waals surface area contributed by atoms with Crippen LogP contribution in [0.2, 0.25) is 5.15 Å². The molecule has 5 heterocycles. The minimum Gasteiger partial charge on any atom is -0.467 e. The van der Waals surface area contributed by atoms with Gasteiger partial charge in [-0.05, 0) is 58.9 Å². The van der Waals surface area contributed by atoms with Crippen molar-refractivity contribution < 1.29 is 23.0 Å². The molecule has 12 heteroatoms. The number of ether oxygens (including phenoxy) is 2. The number of aromatic nitrogens is 3. The van der Waals surface area contributed by atoms with Crippen LogP contribution in [0.4, 0.5) is 19.4 Å². The summed E-state index contributed by atoms with van der Waals surface area (Å²) in [5, 5.41) is 3.56. The minimum absolute atomic E-state index is 0.0200. The number of nitrogens with one attached hydrogen (secondary N) is 1. The number of hydrogen-bond donors (Lipinski definition) is 1. The van der Waals surface area contributed by atoms with E-state index in [4.69, 9.17) is 21.1 Å². The molecular weight excluding hydrogens is 590 g/mol. The van der Waals surface area contributed by atoms with E-state index in [1.54, 1.807) is 4.90 Å². The monoisotopic (exact) mass is 640 g/mol. The summed E-state index contributed by atoms with van der Waals surface area (Å²) in [5.41, 5.74) is 0.0963. The molecule has 3 aliphatic heterocycles. The van der Waals surface area contributed by atoms with E-state index in [0.29, 0.717) is 60.8 Å². The Bertz CT molecular complexity index is 1250. The maximum atomic E-state index is 14.8. The van der Waals surface area contributed by atoms with Gasteiger partial charge in [-0.2, -0.15) is 9.97 Å². The molecule has 1 N–H and O–H groups in total. The normalized spacial score (nSPS) is 22.9. The van der Waals surface area contributed by atoms with Gasteiger partial charge in [0.1, 0.15) is 23.1 Å². The zero-order valence-electron chi connectivity index (χ0n) is 27.8. The smallest absolute Gasteiger partial charge is 0.410 e. The van der Waals surface area contributed by atoms with Crippen molar-refractivity contribution >= 4 is 34.4 Å². The molecule has 0 radical (unpaired) electrons. The summed E-state index contributed by atoms with van der Waals surface area (Å²) >= 11 is 6.03. The molecule has 0 aromatic carbocycles. The Morgan fingerprint density at radius 3 is 2.48 bits per heavy atom. The van der Waals surface area contributed by atoms with Gasteiger partial charge in [-0.3, -0.25) is 4.90 Å². The topological polar surface area (TPSA) is 92.7 Å². The van der Waals surface area contributed by atoms with Crippen LogP contribution in [0.15, 0.2) is 0 Å². The minimum atomic E-state index is -0.714. The number of methoxy groups -OCH3 is 1. The first-order chi connectivity index (χ1) is 20.8. The molecule has 2 aromatic heterocycles. The standard InChI is InChI=1S/C23H33ClFN5O3.C7H12FN.C2H6/c1-8-9-14-16-18(17(25)19(24)27-14)28-21(32-7)29-20(16)26-10-15-13(12(2)3)11-30(15)22(31)33-23(4,5)6;8-6-4-7-2-1-3-9(7)5-6;1-2/h12-13,15H,8-11H2,1-7H3,(H,26,28,29);6-7H,1-5H2;1-2H3. The highest BCUT2D eigenvalue weighted by molar-refractivity contribution is 6.30. The predicted octanol–water partition coefficient (Wildman–Crippen LogP) is 7.30. The number of carbonyl (C=O) groups excluding carboxylic acids is 1. The van der Waals surface area contributed by atoms with E-state index in [1.807, 2.05) is 41.5 Å². The van der Waals surface area contributed by atoms with Gasteiger partial charge in [-0.1, -0.05) is 52.6 Å². The van der Waals surface area contributed by atoms with Crippen LogP contribution in [0.3, 0.4) is 0 Å². The highest BCUT2D eigenvalue weighted by atomic mass is 35.5. The third-order valence-electron chi connectivity index (χ3n) is 8.19. The lowest BCUT2D eigenvalue weighted by Crippen LogP contribution is -2.63. The van der Waals surface area contributed by atoms with Crippen molar-refractivity contribution in [2.75, 3.05) is 38.6 Å². The summed E-state index contributed by atoms with van der Waals surface area (Å²) in [6, 6.07) is 0.530. The second-order valence-electron chi connectivity index (χ2n) is 12.8. The Balaban J connectivity index is 0.000000402. The van der Waals surface area contributed by atoms with E-state index in [9.17, 15) is 13.6 Å². The summed E-state index contributed by atoms with van der Waals surface area (Å²) in [7, 11) is 1.42. The highest BCUT2D eigenvalue weighted by Crippen LogP contribution is 2.35. The van der Waals surface area contributed by atoms with E-state index >= 15 is 0 Å². The highest BCUT2D eigenvalue weighted by Gasteiger charge is 2.45. The summed E-state index contributed by atoms with van der Waals surface area (Å²) in [6.07, 6.45) is 3.85. The van der Waals surface area contributed by atoms with Crippen molar-refractivity contribution in [2.45, 2.75) is 111 Å². The van der Waals surface area contributed by atoms with Gasteiger partial charge >= 0.3 is 12.1 Å². The van der Waals surface area contributed by atoms with Crippen LogP contribution in [0.25, 0.3) is 10.9 Å². The Morgan fingerprint density at radius 2 is 1.89 bits per heavy atom. The number of pyridine rings is 1. The molecule has 0 saturated carbocycles. The number of anilines is 1. The second kappa shape index (κ2) is 15.7. The van der Waals surface area contributed by atoms with E-state index in [-0.39, 0.29) is 28.8 Å². The number of amides is 1. The molecule has 0 spiro atoms. The largest absolute Gasteiger partial charge is 0.467 e. The molecular formula is C32H51ClF2N6O3. The number of alkyl halides is 1. The summed E-state index contributed by atoms with van der Waals surface area (Å²) < 4.78 is 38.2. The van der Waals surface area contributed by atoms with Crippen molar-refractivity contribution in [2.24, 2.45) is 11.8 Å². The predicted molar refractivity (Wildman–Crippen MR) is 172 cm³/mol. The van der Waals surface area contributed by atoms with E-state index in [1.165, 1.54) is 20.0 Å². The Labute approximate surface area is 266 Å². The van der Waals surface area contributed by atoms with Gasteiger partial charge in [0.2, 0.25) is 0 Å². The number of halogens is 3. The first-order valence-corrected chi connectivity index (χ1v) is 16.4. The molecule has 0 aliphatic carbocycles. The van der Waals surface area contributed by atoms with Crippen molar-refractivity contribution in [3.8, 4) is 6.01 Å². The molecule has 3 saturated heterocycles. The summed E-state index contributed by atoms with van der Waals surface area (Å²) in [6.45, 7) is 18.7. The van der Waals surface area contributed by atoms with E-state index in [2.05, 4.69) is 39.0 Å². The molecule has 3 fully saturated rings. The fourth-order valence-electron chi connectivity index (χ4n) is 6.08. The zero-order valence-corrected chi connectivity index (χ0v) is 28.6. The maximum absolute atomic E-state index is 14.8. The lowest BCUT2D eigenvalue weighted by molar-refractivity contribution is -0.0373. The second-order valence-corrected chi connectivity index (χ2v) is 13.2. The molecule has 2 aromatic rings. The van der Waals surface area contributed by atoms with Gasteiger partial charge in [0, 0.05) is 31.6 Å². The van der Waals surface area contributed by atoms with Crippen LogP contribution < -0.4 is 10.1 Å². The fraction of sp³-hybridized carbons (Fsp3) is 0.750. The average molecular weight is 641 g/mol. The third-order valence-corrected chi connectivity index (χ3v) is 8.44. The van der Waals surface area contributed by atoms with Gasteiger partial charge < -0.3 is 19.7 Å². The third kappa shape index (κ3) is 8.59. The van der Waals surface area contributed by atoms with Crippen LogP contribution in [0, 0.1) is 17.7 Å². The Hall–Kier alpha value is -2.53. The molecule has 0 bridgehead atoms. The van der Waals surface area contributed by atoms with E-state index in [0.717, 1.165) is 19.4 Å². The van der Waals surface area contributed by atoms with Crippen LogP contribution in [-0.4, -0.2) is 88.0 Å². The fourth-order valence-corrected chi connectivity index (χ4v) is 6.27. The number of hydrogen-bond acceptors (Lipinski definition) is 8. The molecule has 4 atom stereocenters. The van der Waals surface area contributed by atoms with E-state index < -0.39 is 17.6 Å². The van der Waals surface area contributed by atoms with Crippen molar-refractivity contribution in [3.63, 3.8) is 0 Å². The van der Waals surface area contributed by atoms with Gasteiger partial charge in [0.05, 0.1) is 24.2 Å². The lowest BCUT2D eigenvalue weighted by Gasteiger charge is -2.50. The quantitative estimate of drug-likeness (QED) is 0.315. The van der Waals surface area contributed by atoms with Crippen LogP contribution in [-0.2, 0) is 11.2 Å². The molecule has 248 valence electrons. The zero-order chi connectivity index (χ0) is 32.8. The molecule has 1 amide bonds. The number of carbonyl (C=O) groups is 1. The Kier molecular flexibility index (Phi) is 12.8. The first-order valence-electron chi connectivity index (χ1n) is 16.0. The molecule has 3 aliphatic rings.